The Kier molecular flexibility index (Phi) is 9.20. The van der Waals surface area contributed by atoms with Crippen molar-refractivity contribution < 1.29 is 19.1 Å². The number of esters is 1. The van der Waals surface area contributed by atoms with Crippen molar-refractivity contribution in [2.75, 3.05) is 25.2 Å². The molecule has 0 aliphatic carbocycles. The molecule has 0 heterocycles. The zero-order valence-electron chi connectivity index (χ0n) is 6.95. The van der Waals surface area contributed by atoms with Crippen LogP contribution >= 0.6 is 44.2 Å². The average Bonchev–Trinajstić information content (AvgIpc) is 2.10. The van der Waals surface area contributed by atoms with Crippen molar-refractivity contribution in [3.05, 3.63) is 0 Å². The fraction of sp³-hybridized carbons (Fsp3) is 0.667. The summed E-state index contributed by atoms with van der Waals surface area (Å²) >= 11 is 1.57. The maximum Gasteiger partial charge on any atom is 0.367 e. The summed E-state index contributed by atoms with van der Waals surface area (Å²) in [6.07, 6.45) is 0. The van der Waals surface area contributed by atoms with E-state index in [0.717, 1.165) is 0 Å². The van der Waals surface area contributed by atoms with Crippen LogP contribution in [0, 0.1) is 0 Å². The number of hydrogen-bond donors (Lipinski definition) is 0. The van der Waals surface area contributed by atoms with Crippen LogP contribution in [0.15, 0.2) is 0 Å². The van der Waals surface area contributed by atoms with Crippen molar-refractivity contribution in [2.24, 2.45) is 0 Å². The van der Waals surface area contributed by atoms with Gasteiger partial charge < -0.3 is 9.47 Å². The summed E-state index contributed by atoms with van der Waals surface area (Å²) in [7, 11) is 4.21. The molecule has 0 fully saturated rings. The minimum absolute atomic E-state index is 0.247. The lowest BCUT2D eigenvalue weighted by Crippen LogP contribution is -2.02. The van der Waals surface area contributed by atoms with Crippen LogP contribution in [0.3, 0.4) is 0 Å². The molecule has 0 spiro atoms. The number of methoxy groups -OCH3 is 1. The minimum Gasteiger partial charge on any atom is -0.468 e. The highest BCUT2D eigenvalue weighted by Crippen LogP contribution is 2.20. The van der Waals surface area contributed by atoms with E-state index >= 15 is 0 Å². The van der Waals surface area contributed by atoms with Crippen molar-refractivity contribution in [1.82, 2.24) is 0 Å². The first-order valence-electron chi connectivity index (χ1n) is 3.30. The predicted molar refractivity (Wildman–Crippen MR) is 62.3 cm³/mol. The first-order chi connectivity index (χ1) is 6.16. The molecule has 0 radical (unpaired) electrons. The molecule has 0 aromatic heterocycles. The Labute approximate surface area is 98.0 Å². The fourth-order valence-corrected chi connectivity index (χ4v) is 2.25. The second-order valence-corrected chi connectivity index (χ2v) is 5.21. The molecule has 0 aromatic carbocycles. The molecule has 0 aliphatic rings. The summed E-state index contributed by atoms with van der Waals surface area (Å²) < 4.78 is 8.80. The molecule has 0 aliphatic heterocycles. The lowest BCUT2D eigenvalue weighted by molar-refractivity contribution is -0.137. The van der Waals surface area contributed by atoms with E-state index in [9.17, 15) is 9.59 Å². The summed E-state index contributed by atoms with van der Waals surface area (Å²) in [5.74, 6) is 0.749. The van der Waals surface area contributed by atoms with Crippen LogP contribution in [-0.4, -0.2) is 35.2 Å². The molecule has 13 heavy (non-hydrogen) atoms. The van der Waals surface area contributed by atoms with Crippen LogP contribution < -0.4 is 0 Å². The Morgan fingerprint density at radius 1 is 1.38 bits per heavy atom. The Balaban J connectivity index is 3.08. The molecule has 7 heteroatoms. The molecular formula is C6H9IO4S2. The SMILES string of the molecule is COC(=O)CSSCCOC(=O)I. The van der Waals surface area contributed by atoms with Gasteiger partial charge in [0.05, 0.1) is 29.7 Å². The standard InChI is InChI=1S/C6H9IO4S2/c1-10-5(8)4-13-12-3-2-11-6(7)9/h2-4H2,1H3. The number of ether oxygens (including phenoxy) is 2. The summed E-state index contributed by atoms with van der Waals surface area (Å²) in [6, 6.07) is 0. The molecule has 0 aromatic rings. The normalized spacial score (nSPS) is 9.38. The predicted octanol–water partition coefficient (Wildman–Crippen LogP) is 2.11. The van der Waals surface area contributed by atoms with Gasteiger partial charge in [-0.3, -0.25) is 4.79 Å². The molecule has 0 amide bonds. The Morgan fingerprint density at radius 2 is 2.08 bits per heavy atom. The number of carbonyl (C=O) groups excluding carboxylic acids is 2. The Bertz CT molecular complexity index is 176. The molecule has 0 bridgehead atoms. The van der Waals surface area contributed by atoms with Gasteiger partial charge in [0, 0.05) is 5.75 Å². The second-order valence-electron chi connectivity index (χ2n) is 1.75. The van der Waals surface area contributed by atoms with Gasteiger partial charge in [0.15, 0.2) is 0 Å². The molecule has 0 saturated heterocycles. The minimum atomic E-state index is -0.309. The van der Waals surface area contributed by atoms with Crippen LogP contribution in [0.5, 0.6) is 0 Å². The summed E-state index contributed by atoms with van der Waals surface area (Å²) in [6.45, 7) is 0.376. The number of carbonyl (C=O) groups is 2. The van der Waals surface area contributed by atoms with Crippen molar-refractivity contribution >= 4 is 54.1 Å². The number of halogens is 1. The van der Waals surface area contributed by atoms with Crippen LogP contribution in [0.1, 0.15) is 0 Å². The second kappa shape index (κ2) is 8.95. The lowest BCUT2D eigenvalue weighted by Gasteiger charge is -2.00. The molecular weight excluding hydrogens is 327 g/mol. The fourth-order valence-electron chi connectivity index (χ4n) is 0.364. The third kappa shape index (κ3) is 10.3. The van der Waals surface area contributed by atoms with Crippen molar-refractivity contribution in [1.29, 1.82) is 0 Å². The van der Waals surface area contributed by atoms with Crippen molar-refractivity contribution in [3.63, 3.8) is 0 Å². The first kappa shape index (κ1) is 13.4. The maximum atomic E-state index is 10.6. The molecule has 4 nitrogen and oxygen atoms in total. The van der Waals surface area contributed by atoms with E-state index in [4.69, 9.17) is 0 Å². The van der Waals surface area contributed by atoms with E-state index in [1.807, 2.05) is 0 Å². The van der Waals surface area contributed by atoms with E-state index in [2.05, 4.69) is 9.47 Å². The first-order valence-corrected chi connectivity index (χ1v) is 6.87. The number of rotatable bonds is 6. The monoisotopic (exact) mass is 336 g/mol. The van der Waals surface area contributed by atoms with Gasteiger partial charge >= 0.3 is 9.95 Å². The van der Waals surface area contributed by atoms with Gasteiger partial charge in [-0.1, -0.05) is 21.6 Å². The molecule has 0 unspecified atom stereocenters. The zero-order valence-corrected chi connectivity index (χ0v) is 10.7. The lowest BCUT2D eigenvalue weighted by atomic mass is 10.8. The van der Waals surface area contributed by atoms with Gasteiger partial charge in [0.1, 0.15) is 12.4 Å². The molecule has 0 saturated carbocycles. The van der Waals surface area contributed by atoms with Gasteiger partial charge in [-0.2, -0.15) is 0 Å². The smallest absolute Gasteiger partial charge is 0.367 e. The maximum absolute atomic E-state index is 10.6. The van der Waals surface area contributed by atoms with Gasteiger partial charge in [0.2, 0.25) is 0 Å². The molecule has 0 N–H and O–H groups in total. The van der Waals surface area contributed by atoms with Gasteiger partial charge in [-0.05, 0) is 0 Å². The summed E-state index contributed by atoms with van der Waals surface area (Å²) in [5.41, 5.74) is 0. The molecule has 0 atom stereocenters. The van der Waals surface area contributed by atoms with E-state index in [-0.39, 0.29) is 9.95 Å². The average molecular weight is 336 g/mol. The van der Waals surface area contributed by atoms with E-state index < -0.39 is 0 Å². The van der Waals surface area contributed by atoms with Crippen LogP contribution in [-0.2, 0) is 14.3 Å². The van der Waals surface area contributed by atoms with Crippen LogP contribution in [0.25, 0.3) is 0 Å². The van der Waals surface area contributed by atoms with Crippen molar-refractivity contribution in [3.8, 4) is 0 Å². The number of hydrogen-bond acceptors (Lipinski definition) is 6. The Morgan fingerprint density at radius 3 is 2.62 bits per heavy atom. The van der Waals surface area contributed by atoms with E-state index in [1.165, 1.54) is 28.7 Å². The highest BCUT2D eigenvalue weighted by atomic mass is 127. The largest absolute Gasteiger partial charge is 0.468 e. The third-order valence-electron chi connectivity index (χ3n) is 0.870. The quantitative estimate of drug-likeness (QED) is 0.243. The molecule has 0 rings (SSSR count). The zero-order chi connectivity index (χ0) is 10.1. The topological polar surface area (TPSA) is 52.6 Å². The van der Waals surface area contributed by atoms with E-state index in [0.29, 0.717) is 18.1 Å². The van der Waals surface area contributed by atoms with Gasteiger partial charge in [0.25, 0.3) is 0 Å². The summed E-state index contributed by atoms with van der Waals surface area (Å²) in [5, 5.41) is 0. The highest BCUT2D eigenvalue weighted by Gasteiger charge is 2.00. The van der Waals surface area contributed by atoms with Crippen LogP contribution in [0.4, 0.5) is 4.79 Å². The molecule has 76 valence electrons. The van der Waals surface area contributed by atoms with Crippen molar-refractivity contribution in [2.45, 2.75) is 0 Å². The third-order valence-corrected chi connectivity index (χ3v) is 3.39. The summed E-state index contributed by atoms with van der Waals surface area (Å²) in [4.78, 5) is 20.9. The van der Waals surface area contributed by atoms with E-state index in [1.54, 1.807) is 22.6 Å². The van der Waals surface area contributed by atoms with Crippen LogP contribution in [0.2, 0.25) is 0 Å². The highest BCUT2D eigenvalue weighted by molar-refractivity contribution is 14.1. The van der Waals surface area contributed by atoms with Gasteiger partial charge in [-0.15, -0.1) is 0 Å². The van der Waals surface area contributed by atoms with Gasteiger partial charge in [-0.25, -0.2) is 4.79 Å². The Hall–Kier alpha value is 0.370.